The molecule has 0 saturated heterocycles. The maximum absolute atomic E-state index is 13.6. The van der Waals surface area contributed by atoms with Crippen LogP contribution >= 0.6 is 0 Å². The maximum atomic E-state index is 13.6. The van der Waals surface area contributed by atoms with Crippen LogP contribution in [-0.2, 0) is 9.53 Å². The van der Waals surface area contributed by atoms with Crippen molar-refractivity contribution in [3.63, 3.8) is 0 Å². The highest BCUT2D eigenvalue weighted by molar-refractivity contribution is 5.94. The summed E-state index contributed by atoms with van der Waals surface area (Å²) in [6.45, 7) is 6.06. The molecule has 0 aliphatic heterocycles. The van der Waals surface area contributed by atoms with Gasteiger partial charge in [0.25, 0.3) is 0 Å². The molecule has 19 heavy (non-hydrogen) atoms. The molecule has 0 radical (unpaired) electrons. The summed E-state index contributed by atoms with van der Waals surface area (Å²) in [5.74, 6) is -0.745. The number of esters is 1. The summed E-state index contributed by atoms with van der Waals surface area (Å²) < 4.78 is 18.3. The van der Waals surface area contributed by atoms with Crippen molar-refractivity contribution >= 4 is 22.9 Å². The first kappa shape index (κ1) is 15.0. The van der Waals surface area contributed by atoms with Crippen LogP contribution in [0.4, 0.5) is 4.39 Å². The lowest BCUT2D eigenvalue weighted by molar-refractivity contribution is -0.137. The number of carbonyl (C=O) groups excluding carboxylic acids is 1. The predicted molar refractivity (Wildman–Crippen MR) is 75.3 cm³/mol. The Balaban J connectivity index is 0.000000861. The first-order valence-corrected chi connectivity index (χ1v) is 6.33. The molecule has 1 aromatic heterocycles. The van der Waals surface area contributed by atoms with Gasteiger partial charge in [-0.15, -0.1) is 0 Å². The zero-order valence-corrected chi connectivity index (χ0v) is 11.4. The van der Waals surface area contributed by atoms with Gasteiger partial charge in [0, 0.05) is 28.7 Å². The lowest BCUT2D eigenvalue weighted by atomic mass is 10.1. The summed E-state index contributed by atoms with van der Waals surface area (Å²) in [5, 5.41) is 0.480. The van der Waals surface area contributed by atoms with Crippen molar-refractivity contribution in [1.29, 1.82) is 0 Å². The van der Waals surface area contributed by atoms with E-state index in [1.807, 2.05) is 13.8 Å². The van der Waals surface area contributed by atoms with Crippen molar-refractivity contribution in [3.05, 3.63) is 41.9 Å². The normalized spacial score (nSPS) is 10.3. The lowest BCUT2D eigenvalue weighted by Crippen LogP contribution is -1.98. The SMILES string of the molecule is CC.CCOC(=O)/C=C/c1c[nH]c2cccc(F)c12. The zero-order valence-electron chi connectivity index (χ0n) is 11.4. The van der Waals surface area contributed by atoms with Crippen LogP contribution < -0.4 is 0 Å². The number of halogens is 1. The van der Waals surface area contributed by atoms with Crippen LogP contribution in [0.25, 0.3) is 17.0 Å². The van der Waals surface area contributed by atoms with E-state index >= 15 is 0 Å². The van der Waals surface area contributed by atoms with Gasteiger partial charge in [0.2, 0.25) is 0 Å². The smallest absolute Gasteiger partial charge is 0.330 e. The highest BCUT2D eigenvalue weighted by Crippen LogP contribution is 2.22. The maximum Gasteiger partial charge on any atom is 0.330 e. The number of hydrogen-bond donors (Lipinski definition) is 1. The van der Waals surface area contributed by atoms with Gasteiger partial charge in [-0.2, -0.15) is 0 Å². The van der Waals surface area contributed by atoms with Crippen molar-refractivity contribution < 1.29 is 13.9 Å². The Morgan fingerprint density at radius 1 is 1.42 bits per heavy atom. The molecule has 0 bridgehead atoms. The summed E-state index contributed by atoms with van der Waals surface area (Å²) in [4.78, 5) is 14.1. The molecule has 1 heterocycles. The van der Waals surface area contributed by atoms with Gasteiger partial charge in [0.15, 0.2) is 0 Å². The zero-order chi connectivity index (χ0) is 14.3. The van der Waals surface area contributed by atoms with Crippen LogP contribution in [0.1, 0.15) is 26.3 Å². The lowest BCUT2D eigenvalue weighted by Gasteiger charge is -1.95. The van der Waals surface area contributed by atoms with Crippen molar-refractivity contribution in [2.45, 2.75) is 20.8 Å². The largest absolute Gasteiger partial charge is 0.463 e. The van der Waals surface area contributed by atoms with E-state index in [9.17, 15) is 9.18 Å². The molecule has 0 amide bonds. The molecule has 0 saturated carbocycles. The van der Waals surface area contributed by atoms with Gasteiger partial charge >= 0.3 is 5.97 Å². The molecule has 3 nitrogen and oxygen atoms in total. The molecule has 0 aliphatic carbocycles. The number of hydrogen-bond acceptors (Lipinski definition) is 2. The third-order valence-corrected chi connectivity index (χ3v) is 2.37. The van der Waals surface area contributed by atoms with Gasteiger partial charge in [-0.25, -0.2) is 9.18 Å². The van der Waals surface area contributed by atoms with E-state index in [1.54, 1.807) is 31.3 Å². The fourth-order valence-corrected chi connectivity index (χ4v) is 1.65. The molecule has 2 rings (SSSR count). The number of fused-ring (bicyclic) bond motifs is 1. The third-order valence-electron chi connectivity index (χ3n) is 2.37. The average Bonchev–Trinajstić information content (AvgIpc) is 2.84. The van der Waals surface area contributed by atoms with E-state index in [-0.39, 0.29) is 5.82 Å². The van der Waals surface area contributed by atoms with Crippen LogP contribution in [0.15, 0.2) is 30.5 Å². The predicted octanol–water partition coefficient (Wildman–Crippen LogP) is 3.91. The Morgan fingerprint density at radius 2 is 2.16 bits per heavy atom. The summed E-state index contributed by atoms with van der Waals surface area (Å²) >= 11 is 0. The van der Waals surface area contributed by atoms with E-state index in [1.165, 1.54) is 12.1 Å². The third kappa shape index (κ3) is 3.68. The number of H-pyrrole nitrogens is 1. The Hall–Kier alpha value is -2.10. The standard InChI is InChI=1S/C13H12FNO2.C2H6/c1-2-17-12(16)7-6-9-8-15-11-5-3-4-10(14)13(9)11;1-2/h3-8,15H,2H2,1H3;1-2H3/b7-6+;. The number of aromatic nitrogens is 1. The van der Waals surface area contributed by atoms with Crippen molar-refractivity contribution in [1.82, 2.24) is 4.98 Å². The molecule has 0 unspecified atom stereocenters. The second-order valence-electron chi connectivity index (χ2n) is 3.49. The van der Waals surface area contributed by atoms with E-state index < -0.39 is 5.97 Å². The molecular formula is C15H18FNO2. The minimum atomic E-state index is -0.432. The van der Waals surface area contributed by atoms with Crippen molar-refractivity contribution in [2.75, 3.05) is 6.61 Å². The molecule has 2 aromatic rings. The Morgan fingerprint density at radius 3 is 2.84 bits per heavy atom. The van der Waals surface area contributed by atoms with Crippen LogP contribution in [0.5, 0.6) is 0 Å². The molecule has 0 fully saturated rings. The van der Waals surface area contributed by atoms with Gasteiger partial charge in [0.1, 0.15) is 5.82 Å². The van der Waals surface area contributed by atoms with Crippen molar-refractivity contribution in [3.8, 4) is 0 Å². The first-order valence-electron chi connectivity index (χ1n) is 6.33. The summed E-state index contributed by atoms with van der Waals surface area (Å²) in [7, 11) is 0. The molecule has 102 valence electrons. The summed E-state index contributed by atoms with van der Waals surface area (Å²) in [6.07, 6.45) is 4.49. The minimum absolute atomic E-state index is 0.313. The Bertz CT molecular complexity index is 573. The fraction of sp³-hybridized carbons (Fsp3) is 0.267. The van der Waals surface area contributed by atoms with Crippen molar-refractivity contribution in [2.24, 2.45) is 0 Å². The highest BCUT2D eigenvalue weighted by atomic mass is 19.1. The molecule has 1 aromatic carbocycles. The van der Waals surface area contributed by atoms with Gasteiger partial charge in [-0.05, 0) is 25.1 Å². The highest BCUT2D eigenvalue weighted by Gasteiger charge is 2.06. The van der Waals surface area contributed by atoms with E-state index in [4.69, 9.17) is 4.74 Å². The van der Waals surface area contributed by atoms with E-state index in [0.29, 0.717) is 23.1 Å². The van der Waals surface area contributed by atoms with Gasteiger partial charge < -0.3 is 9.72 Å². The molecule has 4 heteroatoms. The number of carbonyl (C=O) groups is 1. The monoisotopic (exact) mass is 263 g/mol. The number of benzene rings is 1. The molecule has 0 aliphatic rings. The number of rotatable bonds is 3. The molecule has 0 atom stereocenters. The summed E-state index contributed by atoms with van der Waals surface area (Å²) in [6, 6.07) is 4.80. The summed E-state index contributed by atoms with van der Waals surface area (Å²) in [5.41, 5.74) is 1.33. The van der Waals surface area contributed by atoms with Gasteiger partial charge in [-0.1, -0.05) is 19.9 Å². The fourth-order valence-electron chi connectivity index (χ4n) is 1.65. The minimum Gasteiger partial charge on any atom is -0.463 e. The Kier molecular flexibility index (Phi) is 5.79. The van der Waals surface area contributed by atoms with Gasteiger partial charge in [-0.3, -0.25) is 0 Å². The number of ether oxygens (including phenoxy) is 1. The molecule has 0 spiro atoms. The average molecular weight is 263 g/mol. The number of nitrogens with one attached hydrogen (secondary N) is 1. The number of aromatic amines is 1. The first-order chi connectivity index (χ1) is 9.22. The Labute approximate surface area is 112 Å². The van der Waals surface area contributed by atoms with Crippen LogP contribution in [0, 0.1) is 5.82 Å². The second kappa shape index (κ2) is 7.36. The van der Waals surface area contributed by atoms with Gasteiger partial charge in [0.05, 0.1) is 6.61 Å². The van der Waals surface area contributed by atoms with E-state index in [2.05, 4.69) is 4.98 Å². The topological polar surface area (TPSA) is 42.1 Å². The molecule has 1 N–H and O–H groups in total. The second-order valence-corrected chi connectivity index (χ2v) is 3.49. The van der Waals surface area contributed by atoms with E-state index in [0.717, 1.165) is 0 Å². The van der Waals surface area contributed by atoms with Crippen LogP contribution in [0.3, 0.4) is 0 Å². The quantitative estimate of drug-likeness (QED) is 0.674. The van der Waals surface area contributed by atoms with Crippen LogP contribution in [0.2, 0.25) is 0 Å². The molecular weight excluding hydrogens is 245 g/mol. The van der Waals surface area contributed by atoms with Crippen LogP contribution in [-0.4, -0.2) is 17.6 Å².